The molecule has 1 aliphatic heterocycles. The molecule has 0 aromatic heterocycles. The Hall–Kier alpha value is -0.870. The average Bonchev–Trinajstić information content (AvgIpc) is 2.45. The number of piperidine rings is 1. The van der Waals surface area contributed by atoms with Gasteiger partial charge in [-0.15, -0.1) is 0 Å². The Morgan fingerprint density at radius 3 is 2.68 bits per heavy atom. The van der Waals surface area contributed by atoms with Crippen molar-refractivity contribution in [1.82, 2.24) is 10.2 Å². The van der Waals surface area contributed by atoms with Crippen molar-refractivity contribution >= 4 is 21.8 Å². The second-order valence-electron chi connectivity index (χ2n) is 4.96. The van der Waals surface area contributed by atoms with Gasteiger partial charge in [0.2, 0.25) is 0 Å². The summed E-state index contributed by atoms with van der Waals surface area (Å²) in [4.78, 5) is 14.8. The van der Waals surface area contributed by atoms with E-state index in [0.717, 1.165) is 48.9 Å². The van der Waals surface area contributed by atoms with E-state index in [1.165, 1.54) is 0 Å². The summed E-state index contributed by atoms with van der Waals surface area (Å²) in [6, 6.07) is 8.07. The lowest BCUT2D eigenvalue weighted by molar-refractivity contribution is 0.0641. The maximum Gasteiger partial charge on any atom is 0.255 e. The second kappa shape index (κ2) is 7.06. The van der Waals surface area contributed by atoms with E-state index in [-0.39, 0.29) is 5.91 Å². The van der Waals surface area contributed by atoms with Gasteiger partial charge in [-0.2, -0.15) is 0 Å². The Morgan fingerprint density at radius 1 is 1.37 bits per heavy atom. The molecule has 104 valence electrons. The van der Waals surface area contributed by atoms with Gasteiger partial charge in [0.1, 0.15) is 0 Å². The standard InChI is InChI=1S/C15H21BrN2O/c1-2-11-18(12-7-9-17-10-8-12)15(19)13-5-3-4-6-14(13)16/h3-6,12,17H,2,7-11H2,1H3. The van der Waals surface area contributed by atoms with Crippen LogP contribution in [-0.2, 0) is 0 Å². The molecular formula is C15H21BrN2O. The first-order valence-electron chi connectivity index (χ1n) is 7.00. The zero-order valence-electron chi connectivity index (χ0n) is 11.4. The predicted molar refractivity (Wildman–Crippen MR) is 81.4 cm³/mol. The zero-order valence-corrected chi connectivity index (χ0v) is 12.9. The van der Waals surface area contributed by atoms with Crippen LogP contribution >= 0.6 is 15.9 Å². The van der Waals surface area contributed by atoms with Crippen molar-refractivity contribution < 1.29 is 4.79 Å². The molecule has 0 aliphatic carbocycles. The lowest BCUT2D eigenvalue weighted by Crippen LogP contribution is -2.46. The van der Waals surface area contributed by atoms with Crippen molar-refractivity contribution in [2.24, 2.45) is 0 Å². The molecule has 0 bridgehead atoms. The van der Waals surface area contributed by atoms with Crippen LogP contribution in [0.5, 0.6) is 0 Å². The fourth-order valence-electron chi connectivity index (χ4n) is 2.60. The average molecular weight is 325 g/mol. The number of nitrogens with one attached hydrogen (secondary N) is 1. The molecule has 1 aromatic rings. The minimum absolute atomic E-state index is 0.154. The molecule has 0 atom stereocenters. The number of carbonyl (C=O) groups is 1. The first kappa shape index (κ1) is 14.5. The van der Waals surface area contributed by atoms with E-state index < -0.39 is 0 Å². The van der Waals surface area contributed by atoms with Gasteiger partial charge in [0.05, 0.1) is 5.56 Å². The Balaban J connectivity index is 2.18. The molecule has 1 amide bonds. The van der Waals surface area contributed by atoms with Crippen LogP contribution in [0, 0.1) is 0 Å². The minimum Gasteiger partial charge on any atom is -0.336 e. The third kappa shape index (κ3) is 3.57. The van der Waals surface area contributed by atoms with Crippen molar-refractivity contribution in [3.05, 3.63) is 34.3 Å². The molecule has 2 rings (SSSR count). The third-order valence-electron chi connectivity index (χ3n) is 3.58. The number of amides is 1. The molecule has 19 heavy (non-hydrogen) atoms. The molecule has 1 aliphatic rings. The molecule has 1 heterocycles. The third-order valence-corrected chi connectivity index (χ3v) is 4.27. The van der Waals surface area contributed by atoms with E-state index in [4.69, 9.17) is 0 Å². The summed E-state index contributed by atoms with van der Waals surface area (Å²) in [5.41, 5.74) is 0.773. The number of hydrogen-bond donors (Lipinski definition) is 1. The van der Waals surface area contributed by atoms with Crippen LogP contribution in [0.25, 0.3) is 0 Å². The zero-order chi connectivity index (χ0) is 13.7. The summed E-state index contributed by atoms with van der Waals surface area (Å²) in [7, 11) is 0. The number of nitrogens with zero attached hydrogens (tertiary/aromatic N) is 1. The van der Waals surface area contributed by atoms with Crippen LogP contribution in [0.1, 0.15) is 36.5 Å². The minimum atomic E-state index is 0.154. The summed E-state index contributed by atoms with van der Waals surface area (Å²) >= 11 is 3.48. The van der Waals surface area contributed by atoms with Crippen molar-refractivity contribution in [3.63, 3.8) is 0 Å². The molecule has 4 heteroatoms. The molecule has 0 radical (unpaired) electrons. The van der Waals surface area contributed by atoms with E-state index in [2.05, 4.69) is 33.1 Å². The van der Waals surface area contributed by atoms with Crippen LogP contribution in [0.4, 0.5) is 0 Å². The summed E-state index contributed by atoms with van der Waals surface area (Å²) in [6.07, 6.45) is 3.10. The van der Waals surface area contributed by atoms with Crippen LogP contribution < -0.4 is 5.32 Å². The summed E-state index contributed by atoms with van der Waals surface area (Å²) in [5, 5.41) is 3.35. The van der Waals surface area contributed by atoms with E-state index in [9.17, 15) is 4.79 Å². The second-order valence-corrected chi connectivity index (χ2v) is 5.81. The number of carbonyl (C=O) groups excluding carboxylic acids is 1. The van der Waals surface area contributed by atoms with Crippen LogP contribution in [0.2, 0.25) is 0 Å². The molecule has 3 nitrogen and oxygen atoms in total. The number of benzene rings is 1. The van der Waals surface area contributed by atoms with Gasteiger partial charge in [-0.05, 0) is 60.4 Å². The van der Waals surface area contributed by atoms with Crippen molar-refractivity contribution in [3.8, 4) is 0 Å². The van der Waals surface area contributed by atoms with Gasteiger partial charge in [0.25, 0.3) is 5.91 Å². The summed E-state index contributed by atoms with van der Waals surface area (Å²) < 4.78 is 0.884. The fourth-order valence-corrected chi connectivity index (χ4v) is 3.05. The molecule has 1 N–H and O–H groups in total. The summed E-state index contributed by atoms with van der Waals surface area (Å²) in [5.74, 6) is 0.154. The highest BCUT2D eigenvalue weighted by Gasteiger charge is 2.26. The highest BCUT2D eigenvalue weighted by molar-refractivity contribution is 9.10. The lowest BCUT2D eigenvalue weighted by Gasteiger charge is -2.34. The first-order chi connectivity index (χ1) is 9.24. The van der Waals surface area contributed by atoms with Gasteiger partial charge in [-0.25, -0.2) is 0 Å². The van der Waals surface area contributed by atoms with Crippen LogP contribution in [0.3, 0.4) is 0 Å². The molecule has 1 fully saturated rings. The van der Waals surface area contributed by atoms with Crippen LogP contribution in [-0.4, -0.2) is 36.5 Å². The predicted octanol–water partition coefficient (Wildman–Crippen LogP) is 3.05. The van der Waals surface area contributed by atoms with Gasteiger partial charge < -0.3 is 10.2 Å². The summed E-state index contributed by atoms with van der Waals surface area (Å²) in [6.45, 7) is 4.98. The largest absolute Gasteiger partial charge is 0.336 e. The van der Waals surface area contributed by atoms with Crippen LogP contribution in [0.15, 0.2) is 28.7 Å². The fraction of sp³-hybridized carbons (Fsp3) is 0.533. The highest BCUT2D eigenvalue weighted by Crippen LogP contribution is 2.21. The Bertz CT molecular complexity index is 430. The maximum absolute atomic E-state index is 12.7. The molecule has 1 saturated heterocycles. The van der Waals surface area contributed by atoms with E-state index in [0.29, 0.717) is 6.04 Å². The maximum atomic E-state index is 12.7. The van der Waals surface area contributed by atoms with Crippen molar-refractivity contribution in [1.29, 1.82) is 0 Å². The quantitative estimate of drug-likeness (QED) is 0.923. The normalized spacial score (nSPS) is 16.3. The Kier molecular flexibility index (Phi) is 5.40. The van der Waals surface area contributed by atoms with Gasteiger partial charge >= 0.3 is 0 Å². The Labute approximate surface area is 123 Å². The van der Waals surface area contributed by atoms with Gasteiger partial charge in [-0.1, -0.05) is 19.1 Å². The number of rotatable bonds is 4. The van der Waals surface area contributed by atoms with Gasteiger partial charge in [0, 0.05) is 17.1 Å². The van der Waals surface area contributed by atoms with Crippen molar-refractivity contribution in [2.45, 2.75) is 32.2 Å². The Morgan fingerprint density at radius 2 is 2.05 bits per heavy atom. The number of hydrogen-bond acceptors (Lipinski definition) is 2. The monoisotopic (exact) mass is 324 g/mol. The SMILES string of the molecule is CCCN(C(=O)c1ccccc1Br)C1CCNCC1. The van der Waals surface area contributed by atoms with E-state index in [1.54, 1.807) is 0 Å². The van der Waals surface area contributed by atoms with Crippen molar-refractivity contribution in [2.75, 3.05) is 19.6 Å². The topological polar surface area (TPSA) is 32.3 Å². The van der Waals surface area contributed by atoms with E-state index in [1.807, 2.05) is 24.3 Å². The number of halogens is 1. The van der Waals surface area contributed by atoms with Gasteiger partial charge in [0.15, 0.2) is 0 Å². The smallest absolute Gasteiger partial charge is 0.255 e. The molecule has 1 aromatic carbocycles. The molecular weight excluding hydrogens is 304 g/mol. The molecule has 0 unspecified atom stereocenters. The molecule has 0 saturated carbocycles. The van der Waals surface area contributed by atoms with Gasteiger partial charge in [-0.3, -0.25) is 4.79 Å². The van der Waals surface area contributed by atoms with E-state index >= 15 is 0 Å². The lowest BCUT2D eigenvalue weighted by atomic mass is 10.0. The highest BCUT2D eigenvalue weighted by atomic mass is 79.9. The first-order valence-corrected chi connectivity index (χ1v) is 7.79. The molecule has 0 spiro atoms.